The average Bonchev–Trinajstić information content (AvgIpc) is 3.41. The summed E-state index contributed by atoms with van der Waals surface area (Å²) in [5.41, 5.74) is 4.67. The molecule has 0 saturated carbocycles. The molecule has 0 radical (unpaired) electrons. The van der Waals surface area contributed by atoms with Crippen LogP contribution in [0.15, 0.2) is 75.7 Å². The fourth-order valence-corrected chi connectivity index (χ4v) is 6.32. The van der Waals surface area contributed by atoms with Crippen LogP contribution >= 0.6 is 11.3 Å². The fraction of sp³-hybridized carbons (Fsp3) is 0.281. The number of esters is 1. The molecule has 4 aromatic rings. The van der Waals surface area contributed by atoms with Gasteiger partial charge in [-0.3, -0.25) is 19.5 Å². The minimum atomic E-state index is -0.729. The number of hydrogen-bond donors (Lipinski definition) is 0. The summed E-state index contributed by atoms with van der Waals surface area (Å²) in [6.07, 6.45) is 1.48. The standard InChI is InChI=1S/C32H32N4O6S/c1-7-41-26-14-8-22(9-15-26)29-28(31(38)42-18(2)3)20(5)33-32-35(29)30(37)27(43-32)17-23-16-19(4)34(21(23)6)24-10-12-25(13-11-24)36(39)40/h8-18,29H,7H2,1-6H3/b27-17+/t29-/m1/s1. The second-order valence-electron chi connectivity index (χ2n) is 10.5. The monoisotopic (exact) mass is 600 g/mol. The Morgan fingerprint density at radius 3 is 2.40 bits per heavy atom. The third-order valence-electron chi connectivity index (χ3n) is 7.17. The molecule has 0 spiro atoms. The molecule has 222 valence electrons. The first-order chi connectivity index (χ1) is 20.5. The van der Waals surface area contributed by atoms with Crippen LogP contribution < -0.4 is 19.6 Å². The summed E-state index contributed by atoms with van der Waals surface area (Å²) in [5.74, 6) is 0.171. The van der Waals surface area contributed by atoms with Gasteiger partial charge in [0.05, 0.1) is 39.5 Å². The van der Waals surface area contributed by atoms with Gasteiger partial charge in [-0.05, 0) is 89.1 Å². The number of benzene rings is 2. The van der Waals surface area contributed by atoms with Crippen LogP contribution in [0.1, 0.15) is 56.3 Å². The van der Waals surface area contributed by atoms with Gasteiger partial charge in [0.2, 0.25) is 0 Å². The molecule has 1 aliphatic heterocycles. The van der Waals surface area contributed by atoms with E-state index in [1.165, 1.54) is 23.5 Å². The third kappa shape index (κ3) is 5.68. The van der Waals surface area contributed by atoms with E-state index in [1.54, 1.807) is 37.5 Å². The lowest BCUT2D eigenvalue weighted by atomic mass is 9.96. The molecule has 1 atom stereocenters. The number of thiazole rings is 1. The predicted molar refractivity (Wildman–Crippen MR) is 165 cm³/mol. The van der Waals surface area contributed by atoms with Crippen molar-refractivity contribution in [3.8, 4) is 11.4 Å². The van der Waals surface area contributed by atoms with E-state index in [0.717, 1.165) is 28.2 Å². The molecule has 0 unspecified atom stereocenters. The lowest BCUT2D eigenvalue weighted by molar-refractivity contribution is -0.384. The first-order valence-corrected chi connectivity index (χ1v) is 14.7. The van der Waals surface area contributed by atoms with E-state index in [0.29, 0.717) is 33.0 Å². The van der Waals surface area contributed by atoms with E-state index in [1.807, 2.05) is 61.7 Å². The van der Waals surface area contributed by atoms with Crippen molar-refractivity contribution in [3.05, 3.63) is 118 Å². The number of nitro groups is 1. The lowest BCUT2D eigenvalue weighted by Crippen LogP contribution is -2.40. The number of nitrogens with zero attached hydrogens (tertiary/aromatic N) is 4. The zero-order valence-electron chi connectivity index (χ0n) is 24.8. The van der Waals surface area contributed by atoms with Crippen molar-refractivity contribution in [1.29, 1.82) is 0 Å². The Bertz CT molecular complexity index is 1930. The molecule has 0 amide bonds. The van der Waals surface area contributed by atoms with Crippen LogP contribution in [0.3, 0.4) is 0 Å². The number of ether oxygens (including phenoxy) is 2. The van der Waals surface area contributed by atoms with Crippen LogP contribution in [0, 0.1) is 24.0 Å². The summed E-state index contributed by atoms with van der Waals surface area (Å²) >= 11 is 1.26. The van der Waals surface area contributed by atoms with Crippen molar-refractivity contribution < 1.29 is 19.2 Å². The minimum absolute atomic E-state index is 0.0153. The molecule has 3 heterocycles. The molecule has 10 nitrogen and oxygen atoms in total. The van der Waals surface area contributed by atoms with Gasteiger partial charge in [-0.2, -0.15) is 0 Å². The van der Waals surface area contributed by atoms with Gasteiger partial charge < -0.3 is 14.0 Å². The predicted octanol–water partition coefficient (Wildman–Crippen LogP) is 4.90. The molecule has 0 fully saturated rings. The van der Waals surface area contributed by atoms with E-state index in [4.69, 9.17) is 9.47 Å². The van der Waals surface area contributed by atoms with Crippen LogP contribution in [0.25, 0.3) is 11.8 Å². The highest BCUT2D eigenvalue weighted by Crippen LogP contribution is 2.32. The number of nitro benzene ring substituents is 1. The van der Waals surface area contributed by atoms with Crippen LogP contribution in [-0.4, -0.2) is 32.7 Å². The van der Waals surface area contributed by atoms with Gasteiger partial charge in [-0.25, -0.2) is 9.79 Å². The van der Waals surface area contributed by atoms with Crippen LogP contribution in [0.4, 0.5) is 5.69 Å². The van der Waals surface area contributed by atoms with Crippen molar-refractivity contribution >= 4 is 29.1 Å². The number of fused-ring (bicyclic) bond motifs is 1. The molecule has 2 aromatic carbocycles. The molecule has 1 aliphatic rings. The van der Waals surface area contributed by atoms with Crippen molar-refractivity contribution in [2.45, 2.75) is 53.7 Å². The Morgan fingerprint density at radius 1 is 1.12 bits per heavy atom. The van der Waals surface area contributed by atoms with Crippen molar-refractivity contribution in [1.82, 2.24) is 9.13 Å². The van der Waals surface area contributed by atoms with E-state index in [-0.39, 0.29) is 17.4 Å². The first kappa shape index (κ1) is 29.7. The van der Waals surface area contributed by atoms with E-state index >= 15 is 0 Å². The number of carbonyl (C=O) groups excluding carboxylic acids is 1. The smallest absolute Gasteiger partial charge is 0.338 e. The van der Waals surface area contributed by atoms with Crippen molar-refractivity contribution in [3.63, 3.8) is 0 Å². The zero-order chi connectivity index (χ0) is 31.0. The van der Waals surface area contributed by atoms with Gasteiger partial charge in [0, 0.05) is 29.2 Å². The van der Waals surface area contributed by atoms with Gasteiger partial charge >= 0.3 is 5.97 Å². The quantitative estimate of drug-likeness (QED) is 0.161. The Labute approximate surface area is 252 Å². The largest absolute Gasteiger partial charge is 0.494 e. The van der Waals surface area contributed by atoms with Crippen molar-refractivity contribution in [2.24, 2.45) is 4.99 Å². The van der Waals surface area contributed by atoms with Gasteiger partial charge in [0.25, 0.3) is 11.2 Å². The molecule has 2 aromatic heterocycles. The molecule has 0 aliphatic carbocycles. The summed E-state index contributed by atoms with van der Waals surface area (Å²) in [4.78, 5) is 43.2. The molecule has 43 heavy (non-hydrogen) atoms. The van der Waals surface area contributed by atoms with Gasteiger partial charge in [0.1, 0.15) is 5.75 Å². The van der Waals surface area contributed by atoms with E-state index < -0.39 is 16.9 Å². The zero-order valence-corrected chi connectivity index (χ0v) is 25.6. The number of allylic oxidation sites excluding steroid dienone is 1. The van der Waals surface area contributed by atoms with Gasteiger partial charge in [-0.1, -0.05) is 23.5 Å². The SMILES string of the molecule is CCOc1ccc([C@@H]2C(C(=O)OC(C)C)=C(C)N=c3s/c(=C/c4cc(C)n(-c5ccc([N+](=O)[O-])cc5)c4C)c(=O)n32)cc1. The minimum Gasteiger partial charge on any atom is -0.494 e. The molecular weight excluding hydrogens is 568 g/mol. The lowest BCUT2D eigenvalue weighted by Gasteiger charge is -2.25. The number of rotatable bonds is 8. The summed E-state index contributed by atoms with van der Waals surface area (Å²) in [5, 5.41) is 11.1. The van der Waals surface area contributed by atoms with E-state index in [9.17, 15) is 19.7 Å². The van der Waals surface area contributed by atoms with Gasteiger partial charge in [-0.15, -0.1) is 0 Å². The Hall–Kier alpha value is -4.77. The molecule has 0 bridgehead atoms. The van der Waals surface area contributed by atoms with Gasteiger partial charge in [0.15, 0.2) is 4.80 Å². The molecule has 0 saturated heterocycles. The normalized spacial score (nSPS) is 15.0. The molecule has 0 N–H and O–H groups in total. The average molecular weight is 601 g/mol. The topological polar surface area (TPSA) is 118 Å². The highest BCUT2D eigenvalue weighted by molar-refractivity contribution is 7.07. The fourth-order valence-electron chi connectivity index (χ4n) is 5.28. The first-order valence-electron chi connectivity index (χ1n) is 13.9. The van der Waals surface area contributed by atoms with Crippen LogP contribution in [-0.2, 0) is 9.53 Å². The maximum absolute atomic E-state index is 14.1. The Balaban J connectivity index is 1.64. The highest BCUT2D eigenvalue weighted by atomic mass is 32.1. The molecular formula is C32H32N4O6S. The van der Waals surface area contributed by atoms with E-state index in [2.05, 4.69) is 4.99 Å². The van der Waals surface area contributed by atoms with Crippen LogP contribution in [0.5, 0.6) is 5.75 Å². The summed E-state index contributed by atoms with van der Waals surface area (Å²) in [7, 11) is 0. The maximum atomic E-state index is 14.1. The maximum Gasteiger partial charge on any atom is 0.338 e. The number of aromatic nitrogens is 2. The number of aryl methyl sites for hydroxylation is 1. The summed E-state index contributed by atoms with van der Waals surface area (Å²) in [6.45, 7) is 11.6. The second kappa shape index (κ2) is 11.8. The van der Waals surface area contributed by atoms with Crippen LogP contribution in [0.2, 0.25) is 0 Å². The molecule has 5 rings (SSSR count). The number of hydrogen-bond acceptors (Lipinski definition) is 8. The highest BCUT2D eigenvalue weighted by Gasteiger charge is 2.34. The molecule has 11 heteroatoms. The van der Waals surface area contributed by atoms with Crippen molar-refractivity contribution in [2.75, 3.05) is 6.61 Å². The summed E-state index contributed by atoms with van der Waals surface area (Å²) in [6, 6.07) is 14.9. The summed E-state index contributed by atoms with van der Waals surface area (Å²) < 4.78 is 15.2. The number of carbonyl (C=O) groups is 1. The second-order valence-corrected chi connectivity index (χ2v) is 11.5. The Kier molecular flexibility index (Phi) is 8.19. The third-order valence-corrected chi connectivity index (χ3v) is 8.15. The Morgan fingerprint density at radius 2 is 1.79 bits per heavy atom. The number of non-ortho nitro benzene ring substituents is 1.